The number of hydrogen-bond acceptors (Lipinski definition) is 13. The fourth-order valence-corrected chi connectivity index (χ4v) is 4.41. The second-order valence-corrected chi connectivity index (χ2v) is 7.36. The van der Waals surface area contributed by atoms with Crippen LogP contribution in [0, 0.1) is 0 Å². The molecule has 13 nitrogen and oxygen atoms in total. The lowest BCUT2D eigenvalue weighted by Gasteiger charge is -2.55. The molecule has 5 N–H and O–H groups in total. The largest absolute Gasteiger partial charge is 0.396 e. The van der Waals surface area contributed by atoms with Gasteiger partial charge in [0, 0.05) is 19.8 Å². The van der Waals surface area contributed by atoms with Gasteiger partial charge < -0.3 is 21.1 Å². The summed E-state index contributed by atoms with van der Waals surface area (Å²) in [4.78, 5) is 0. The first-order valence-electron chi connectivity index (χ1n) is 9.56. The zero-order valence-electron chi connectivity index (χ0n) is 16.0. The van der Waals surface area contributed by atoms with E-state index in [1.165, 1.54) is 18.6 Å². The van der Waals surface area contributed by atoms with Gasteiger partial charge in [0.2, 0.25) is 0 Å². The third-order valence-electron chi connectivity index (χ3n) is 5.84. The number of aliphatic hydroxyl groups is 3. The summed E-state index contributed by atoms with van der Waals surface area (Å²) in [6.45, 7) is -0.251. The molecule has 0 aliphatic carbocycles. The summed E-state index contributed by atoms with van der Waals surface area (Å²) < 4.78 is 0. The van der Waals surface area contributed by atoms with Gasteiger partial charge in [-0.2, -0.15) is 15.3 Å². The Morgan fingerprint density at radius 2 is 0.931 bits per heavy atom. The zero-order valence-corrected chi connectivity index (χ0v) is 16.0. The molecule has 3 atom stereocenters. The standard InChI is InChI=1S/C16H26N10O3/c17-16(13(4-1-7-27)10-18-24-21-13,14(5-2-8-28)11-19-25-22-14)15(6-3-9-29)12-20-26-23-15/h10-12,27-29H,1-9,17H2. The van der Waals surface area contributed by atoms with Crippen LogP contribution in [0.3, 0.4) is 0 Å². The van der Waals surface area contributed by atoms with Crippen LogP contribution in [0.15, 0.2) is 46.3 Å². The Bertz CT molecular complexity index is 626. The minimum Gasteiger partial charge on any atom is -0.396 e. The number of aliphatic hydroxyl groups excluding tert-OH is 3. The summed E-state index contributed by atoms with van der Waals surface area (Å²) in [5.41, 5.74) is 2.13. The minimum atomic E-state index is -1.48. The van der Waals surface area contributed by atoms with Gasteiger partial charge >= 0.3 is 0 Å². The summed E-state index contributed by atoms with van der Waals surface area (Å²) in [5, 5.41) is 65.0. The van der Waals surface area contributed by atoms with Crippen LogP contribution in [-0.2, 0) is 0 Å². The lowest BCUT2D eigenvalue weighted by atomic mass is 9.53. The molecule has 0 saturated carbocycles. The number of rotatable bonds is 12. The smallest absolute Gasteiger partial charge is 0.144 e. The Morgan fingerprint density at radius 1 is 0.621 bits per heavy atom. The van der Waals surface area contributed by atoms with Crippen molar-refractivity contribution in [2.45, 2.75) is 60.7 Å². The van der Waals surface area contributed by atoms with Gasteiger partial charge in [-0.3, -0.25) is 0 Å². The molecule has 3 rings (SSSR count). The van der Waals surface area contributed by atoms with Gasteiger partial charge in [0.05, 0.1) is 18.6 Å². The van der Waals surface area contributed by atoms with Gasteiger partial charge in [-0.05, 0) is 54.2 Å². The fourth-order valence-electron chi connectivity index (χ4n) is 4.41. The molecule has 0 bridgehead atoms. The highest BCUT2D eigenvalue weighted by Crippen LogP contribution is 2.52. The first-order valence-corrected chi connectivity index (χ1v) is 9.56. The Morgan fingerprint density at radius 3 is 1.14 bits per heavy atom. The molecule has 0 fully saturated rings. The molecule has 0 aromatic heterocycles. The zero-order chi connectivity index (χ0) is 20.8. The maximum atomic E-state index is 9.49. The van der Waals surface area contributed by atoms with Gasteiger partial charge in [0.15, 0.2) is 0 Å². The van der Waals surface area contributed by atoms with E-state index in [1.54, 1.807) is 0 Å². The SMILES string of the molecule is NC(C1(CCCO)C=NN=N1)(C1(CCCO)C=NN=N1)C1(CCCO)C=NN=N1. The van der Waals surface area contributed by atoms with Gasteiger partial charge in [-0.15, -0.1) is 15.3 Å². The second kappa shape index (κ2) is 8.57. The van der Waals surface area contributed by atoms with Crippen LogP contribution in [0.5, 0.6) is 0 Å². The molecule has 3 aliphatic heterocycles. The Kier molecular flexibility index (Phi) is 6.31. The maximum absolute atomic E-state index is 9.49. The van der Waals surface area contributed by atoms with Crippen LogP contribution < -0.4 is 5.73 Å². The highest BCUT2D eigenvalue weighted by molar-refractivity contribution is 5.88. The van der Waals surface area contributed by atoms with E-state index in [0.717, 1.165) is 0 Å². The monoisotopic (exact) mass is 406 g/mol. The molecule has 3 aliphatic rings. The van der Waals surface area contributed by atoms with Crippen LogP contribution in [0.4, 0.5) is 0 Å². The maximum Gasteiger partial charge on any atom is 0.144 e. The molecule has 3 heterocycles. The van der Waals surface area contributed by atoms with Crippen molar-refractivity contribution in [1.29, 1.82) is 0 Å². The van der Waals surface area contributed by atoms with Crippen LogP contribution >= 0.6 is 0 Å². The quantitative estimate of drug-likeness (QED) is 0.367. The van der Waals surface area contributed by atoms with Crippen LogP contribution in [0.1, 0.15) is 38.5 Å². The Balaban J connectivity index is 2.23. The normalized spacial score (nSPS) is 33.9. The van der Waals surface area contributed by atoms with Crippen molar-refractivity contribution in [2.75, 3.05) is 19.8 Å². The van der Waals surface area contributed by atoms with Crippen molar-refractivity contribution in [3.05, 3.63) is 0 Å². The van der Waals surface area contributed by atoms with Crippen molar-refractivity contribution < 1.29 is 15.3 Å². The van der Waals surface area contributed by atoms with Gasteiger partial charge in [-0.25, -0.2) is 0 Å². The lowest BCUT2D eigenvalue weighted by Crippen LogP contribution is -2.82. The van der Waals surface area contributed by atoms with Crippen LogP contribution in [0.2, 0.25) is 0 Å². The molecule has 3 unspecified atom stereocenters. The highest BCUT2D eigenvalue weighted by atomic mass is 16.3. The molecular formula is C16H26N10O3. The average Bonchev–Trinajstić information content (AvgIpc) is 3.50. The number of hydrogen-bond donors (Lipinski definition) is 4. The van der Waals surface area contributed by atoms with Crippen molar-refractivity contribution in [2.24, 2.45) is 52.1 Å². The van der Waals surface area contributed by atoms with E-state index >= 15 is 0 Å². The van der Waals surface area contributed by atoms with E-state index in [1.807, 2.05) is 0 Å². The molecular weight excluding hydrogens is 380 g/mol. The minimum absolute atomic E-state index is 0.0836. The van der Waals surface area contributed by atoms with E-state index in [9.17, 15) is 15.3 Å². The van der Waals surface area contributed by atoms with E-state index < -0.39 is 22.2 Å². The Labute approximate surface area is 167 Å². The molecule has 0 radical (unpaired) electrons. The van der Waals surface area contributed by atoms with Crippen molar-refractivity contribution in [1.82, 2.24) is 0 Å². The molecule has 0 amide bonds. The summed E-state index contributed by atoms with van der Waals surface area (Å²) >= 11 is 0. The summed E-state index contributed by atoms with van der Waals surface area (Å²) in [5.74, 6) is 0. The topological polar surface area (TPSA) is 198 Å². The van der Waals surface area contributed by atoms with Crippen LogP contribution in [0.25, 0.3) is 0 Å². The molecule has 29 heavy (non-hydrogen) atoms. The first-order chi connectivity index (χ1) is 14.1. The first kappa shape index (κ1) is 21.4. The highest BCUT2D eigenvalue weighted by Gasteiger charge is 2.72. The van der Waals surface area contributed by atoms with Crippen molar-refractivity contribution in [3.8, 4) is 0 Å². The summed E-state index contributed by atoms with van der Waals surface area (Å²) in [6.07, 6.45) is 6.65. The van der Waals surface area contributed by atoms with Crippen LogP contribution in [-0.4, -0.2) is 75.9 Å². The predicted octanol–water partition coefficient (Wildman–Crippen LogP) is 0.573. The predicted molar refractivity (Wildman–Crippen MR) is 104 cm³/mol. The molecule has 158 valence electrons. The number of nitrogens with two attached hydrogens (primary N) is 1. The van der Waals surface area contributed by atoms with Gasteiger partial charge in [0.25, 0.3) is 0 Å². The second-order valence-electron chi connectivity index (χ2n) is 7.36. The molecule has 13 heteroatoms. The fraction of sp³-hybridized carbons (Fsp3) is 0.812. The molecule has 0 aromatic carbocycles. The third-order valence-corrected chi connectivity index (χ3v) is 5.84. The molecule has 0 saturated heterocycles. The van der Waals surface area contributed by atoms with E-state index in [-0.39, 0.29) is 19.8 Å². The molecule has 0 aromatic rings. The average molecular weight is 406 g/mol. The third kappa shape index (κ3) is 3.23. The van der Waals surface area contributed by atoms with E-state index in [4.69, 9.17) is 5.73 Å². The summed E-state index contributed by atoms with van der Waals surface area (Å²) in [6, 6.07) is 0. The van der Waals surface area contributed by atoms with Crippen molar-refractivity contribution in [3.63, 3.8) is 0 Å². The van der Waals surface area contributed by atoms with Gasteiger partial charge in [-0.1, -0.05) is 0 Å². The summed E-state index contributed by atoms with van der Waals surface area (Å²) in [7, 11) is 0. The van der Waals surface area contributed by atoms with Gasteiger partial charge in [0.1, 0.15) is 22.2 Å². The molecule has 0 spiro atoms. The van der Waals surface area contributed by atoms with Crippen molar-refractivity contribution >= 4 is 18.6 Å². The number of nitrogens with zero attached hydrogens (tertiary/aromatic N) is 9. The van der Waals surface area contributed by atoms with E-state index in [2.05, 4.69) is 46.3 Å². The lowest BCUT2D eigenvalue weighted by molar-refractivity contribution is 0.105. The van der Waals surface area contributed by atoms with E-state index in [0.29, 0.717) is 38.5 Å². The Hall–Kier alpha value is -2.35.